The minimum atomic E-state index is -0.906. The van der Waals surface area contributed by atoms with E-state index >= 15 is 0 Å². The highest BCUT2D eigenvalue weighted by Crippen LogP contribution is 2.21. The van der Waals surface area contributed by atoms with Crippen LogP contribution >= 0.6 is 0 Å². The third-order valence-electron chi connectivity index (χ3n) is 3.76. The van der Waals surface area contributed by atoms with Crippen molar-refractivity contribution in [3.63, 3.8) is 0 Å². The van der Waals surface area contributed by atoms with Gasteiger partial charge in [-0.2, -0.15) is 0 Å². The van der Waals surface area contributed by atoms with Crippen LogP contribution in [0.2, 0.25) is 0 Å². The first-order valence-electron chi connectivity index (χ1n) is 7.05. The van der Waals surface area contributed by atoms with Gasteiger partial charge in [0.25, 0.3) is 5.91 Å². The summed E-state index contributed by atoms with van der Waals surface area (Å²) in [7, 11) is 1.50. The molecule has 5 nitrogen and oxygen atoms in total. The molecular weight excluding hydrogens is 270 g/mol. The van der Waals surface area contributed by atoms with E-state index in [1.807, 2.05) is 37.3 Å². The second-order valence-corrected chi connectivity index (χ2v) is 5.16. The van der Waals surface area contributed by atoms with Gasteiger partial charge in [0.2, 0.25) is 0 Å². The summed E-state index contributed by atoms with van der Waals surface area (Å²) in [5.74, 6) is -1.11. The summed E-state index contributed by atoms with van der Waals surface area (Å²) in [4.78, 5) is 23.2. The number of carboxylic acid groups (broad SMARTS) is 1. The molecule has 0 saturated carbocycles. The molecule has 0 spiro atoms. The van der Waals surface area contributed by atoms with E-state index in [0.717, 1.165) is 5.56 Å². The summed E-state index contributed by atoms with van der Waals surface area (Å²) < 4.78 is 5.28. The van der Waals surface area contributed by atoms with Gasteiger partial charge in [0.1, 0.15) is 5.60 Å². The average Bonchev–Trinajstić information content (AvgIpc) is 2.50. The molecule has 0 aliphatic carbocycles. The highest BCUT2D eigenvalue weighted by Gasteiger charge is 2.32. The van der Waals surface area contributed by atoms with Gasteiger partial charge in [0.15, 0.2) is 0 Å². The van der Waals surface area contributed by atoms with Crippen LogP contribution in [-0.4, -0.2) is 29.7 Å². The SMILES string of the molecule is CCC(C)(OC)C(=O)NC(CCC(=O)O)c1ccccc1. The Bertz CT molecular complexity index is 468. The number of ether oxygens (including phenoxy) is 1. The molecule has 1 aromatic carbocycles. The summed E-state index contributed by atoms with van der Waals surface area (Å²) in [5, 5.41) is 11.8. The number of hydrogen-bond donors (Lipinski definition) is 2. The van der Waals surface area contributed by atoms with E-state index in [9.17, 15) is 9.59 Å². The van der Waals surface area contributed by atoms with Crippen LogP contribution in [0.5, 0.6) is 0 Å². The third kappa shape index (κ3) is 4.86. The number of carbonyl (C=O) groups excluding carboxylic acids is 1. The van der Waals surface area contributed by atoms with Gasteiger partial charge in [0.05, 0.1) is 6.04 Å². The summed E-state index contributed by atoms with van der Waals surface area (Å²) in [5.41, 5.74) is -0.0161. The van der Waals surface area contributed by atoms with Gasteiger partial charge < -0.3 is 15.2 Å². The lowest BCUT2D eigenvalue weighted by atomic mass is 9.98. The number of nitrogens with one attached hydrogen (secondary N) is 1. The Morgan fingerprint density at radius 2 is 1.95 bits per heavy atom. The van der Waals surface area contributed by atoms with Crippen LogP contribution < -0.4 is 5.32 Å². The van der Waals surface area contributed by atoms with E-state index < -0.39 is 11.6 Å². The molecule has 5 heteroatoms. The Labute approximate surface area is 125 Å². The number of benzene rings is 1. The Morgan fingerprint density at radius 3 is 2.43 bits per heavy atom. The van der Waals surface area contributed by atoms with Crippen molar-refractivity contribution in [3.8, 4) is 0 Å². The standard InChI is InChI=1S/C16H23NO4/c1-4-16(2,21-3)15(20)17-13(10-11-14(18)19)12-8-6-5-7-9-12/h5-9,13H,4,10-11H2,1-3H3,(H,17,20)(H,18,19). The van der Waals surface area contributed by atoms with E-state index in [2.05, 4.69) is 5.32 Å². The normalized spacial score (nSPS) is 15.0. The maximum Gasteiger partial charge on any atom is 0.303 e. The summed E-state index contributed by atoms with van der Waals surface area (Å²) in [6.07, 6.45) is 0.875. The van der Waals surface area contributed by atoms with Gasteiger partial charge in [-0.1, -0.05) is 37.3 Å². The Morgan fingerprint density at radius 1 is 1.33 bits per heavy atom. The van der Waals surface area contributed by atoms with Crippen molar-refractivity contribution in [1.29, 1.82) is 0 Å². The molecule has 21 heavy (non-hydrogen) atoms. The Balaban J connectivity index is 2.87. The minimum absolute atomic E-state index is 0.00430. The van der Waals surface area contributed by atoms with Crippen molar-refractivity contribution in [2.75, 3.05) is 7.11 Å². The van der Waals surface area contributed by atoms with Crippen LogP contribution in [-0.2, 0) is 14.3 Å². The van der Waals surface area contributed by atoms with Gasteiger partial charge in [-0.25, -0.2) is 0 Å². The van der Waals surface area contributed by atoms with E-state index in [0.29, 0.717) is 12.8 Å². The van der Waals surface area contributed by atoms with Gasteiger partial charge >= 0.3 is 5.97 Å². The van der Waals surface area contributed by atoms with Crippen molar-refractivity contribution in [2.24, 2.45) is 0 Å². The maximum absolute atomic E-state index is 12.4. The number of amides is 1. The molecule has 0 bridgehead atoms. The molecule has 116 valence electrons. The predicted molar refractivity (Wildman–Crippen MR) is 79.9 cm³/mol. The lowest BCUT2D eigenvalue weighted by Crippen LogP contribution is -2.46. The fourth-order valence-corrected chi connectivity index (χ4v) is 1.98. The zero-order valence-corrected chi connectivity index (χ0v) is 12.8. The molecule has 2 atom stereocenters. The van der Waals surface area contributed by atoms with Gasteiger partial charge in [-0.3, -0.25) is 9.59 Å². The fourth-order valence-electron chi connectivity index (χ4n) is 1.98. The molecule has 0 aromatic heterocycles. The molecule has 1 rings (SSSR count). The third-order valence-corrected chi connectivity index (χ3v) is 3.76. The molecule has 2 unspecified atom stereocenters. The minimum Gasteiger partial charge on any atom is -0.481 e. The Kier molecular flexibility index (Phi) is 6.37. The van der Waals surface area contributed by atoms with Crippen molar-refractivity contribution in [3.05, 3.63) is 35.9 Å². The molecule has 0 saturated heterocycles. The van der Waals surface area contributed by atoms with E-state index in [4.69, 9.17) is 9.84 Å². The lowest BCUT2D eigenvalue weighted by molar-refractivity contribution is -0.143. The monoisotopic (exact) mass is 293 g/mol. The van der Waals surface area contributed by atoms with E-state index in [-0.39, 0.29) is 18.4 Å². The first-order chi connectivity index (χ1) is 9.92. The van der Waals surface area contributed by atoms with Gasteiger partial charge in [-0.15, -0.1) is 0 Å². The van der Waals surface area contributed by atoms with Crippen LogP contribution in [0.1, 0.15) is 44.7 Å². The number of carboxylic acids is 1. The molecule has 2 N–H and O–H groups in total. The van der Waals surface area contributed by atoms with Crippen molar-refractivity contribution in [2.45, 2.75) is 44.8 Å². The van der Waals surface area contributed by atoms with Crippen LogP contribution in [0.15, 0.2) is 30.3 Å². The first kappa shape index (κ1) is 17.2. The highest BCUT2D eigenvalue weighted by molar-refractivity contribution is 5.85. The number of rotatable bonds is 8. The largest absolute Gasteiger partial charge is 0.481 e. The summed E-state index contributed by atoms with van der Waals surface area (Å²) >= 11 is 0. The second kappa shape index (κ2) is 7.78. The molecule has 0 radical (unpaired) electrons. The number of hydrogen-bond acceptors (Lipinski definition) is 3. The summed E-state index contributed by atoms with van der Waals surface area (Å²) in [6.45, 7) is 3.60. The number of methoxy groups -OCH3 is 1. The number of aliphatic carboxylic acids is 1. The van der Waals surface area contributed by atoms with E-state index in [1.54, 1.807) is 6.92 Å². The molecule has 0 aliphatic heterocycles. The van der Waals surface area contributed by atoms with Crippen LogP contribution in [0.4, 0.5) is 0 Å². The zero-order valence-electron chi connectivity index (χ0n) is 12.8. The van der Waals surface area contributed by atoms with Crippen LogP contribution in [0.25, 0.3) is 0 Å². The van der Waals surface area contributed by atoms with Gasteiger partial charge in [0, 0.05) is 13.5 Å². The van der Waals surface area contributed by atoms with Crippen LogP contribution in [0.3, 0.4) is 0 Å². The molecule has 0 fully saturated rings. The summed E-state index contributed by atoms with van der Waals surface area (Å²) in [6, 6.07) is 9.03. The smallest absolute Gasteiger partial charge is 0.303 e. The molecule has 0 heterocycles. The molecule has 1 amide bonds. The molecule has 0 aliphatic rings. The fraction of sp³-hybridized carbons (Fsp3) is 0.500. The maximum atomic E-state index is 12.4. The second-order valence-electron chi connectivity index (χ2n) is 5.16. The number of carbonyl (C=O) groups is 2. The van der Waals surface area contributed by atoms with Crippen molar-refractivity contribution in [1.82, 2.24) is 5.32 Å². The van der Waals surface area contributed by atoms with Crippen LogP contribution in [0, 0.1) is 0 Å². The quantitative estimate of drug-likeness (QED) is 0.772. The topological polar surface area (TPSA) is 75.6 Å². The van der Waals surface area contributed by atoms with Crippen molar-refractivity contribution < 1.29 is 19.4 Å². The zero-order chi connectivity index (χ0) is 15.9. The van der Waals surface area contributed by atoms with Gasteiger partial charge in [-0.05, 0) is 25.3 Å². The van der Waals surface area contributed by atoms with E-state index in [1.165, 1.54) is 7.11 Å². The lowest BCUT2D eigenvalue weighted by Gasteiger charge is -2.28. The highest BCUT2D eigenvalue weighted by atomic mass is 16.5. The molecular formula is C16H23NO4. The average molecular weight is 293 g/mol. The van der Waals surface area contributed by atoms with Crippen molar-refractivity contribution >= 4 is 11.9 Å². The predicted octanol–water partition coefficient (Wildman–Crippen LogP) is 2.52. The Hall–Kier alpha value is -1.88. The first-order valence-corrected chi connectivity index (χ1v) is 7.05. The molecule has 1 aromatic rings.